The second kappa shape index (κ2) is 23.2. The van der Waals surface area contributed by atoms with Crippen molar-refractivity contribution in [2.45, 2.75) is 173 Å². The molecule has 0 spiro atoms. The number of aliphatic hydroxyl groups excluding tert-OH is 2. The third kappa shape index (κ3) is 12.5. The first-order valence-corrected chi connectivity index (χ1v) is 22.3. The third-order valence-electron chi connectivity index (χ3n) is 13.4. The number of hydrogen-bond donors (Lipinski definition) is 3. The van der Waals surface area contributed by atoms with Gasteiger partial charge in [0.1, 0.15) is 30.1 Å². The Labute approximate surface area is 357 Å². The van der Waals surface area contributed by atoms with Gasteiger partial charge in [-0.3, -0.25) is 14.4 Å². The van der Waals surface area contributed by atoms with E-state index in [1.165, 1.54) is 4.90 Å². The lowest BCUT2D eigenvalue weighted by Crippen LogP contribution is -2.64. The van der Waals surface area contributed by atoms with Crippen molar-refractivity contribution in [3.63, 3.8) is 0 Å². The van der Waals surface area contributed by atoms with Gasteiger partial charge in [0.2, 0.25) is 5.79 Å². The van der Waals surface area contributed by atoms with Crippen molar-refractivity contribution in [3.05, 3.63) is 23.3 Å². The molecule has 14 heteroatoms. The number of amides is 1. The monoisotopic (exact) mass is 850 g/mol. The minimum atomic E-state index is -2.48. The van der Waals surface area contributed by atoms with Crippen LogP contribution < -0.4 is 0 Å². The van der Waals surface area contributed by atoms with E-state index < -0.39 is 72.5 Å². The Balaban J connectivity index is 1.70. The maximum atomic E-state index is 14.4. The number of hydrogen-bond acceptors (Lipinski definition) is 13. The summed E-state index contributed by atoms with van der Waals surface area (Å²) < 4.78 is 36.1. The van der Waals surface area contributed by atoms with Crippen LogP contribution in [-0.4, -0.2) is 139 Å². The van der Waals surface area contributed by atoms with Crippen molar-refractivity contribution >= 4 is 23.4 Å². The molecule has 0 aromatic heterocycles. The molecule has 0 aromatic carbocycles. The lowest BCUT2D eigenvalue weighted by molar-refractivity contribution is -0.302. The summed E-state index contributed by atoms with van der Waals surface area (Å²) in [6.45, 7) is 11.4. The maximum absolute atomic E-state index is 14.4. The standard InChI is InChI=1S/C46H75NO13/c1-10-33-20-27(2)19-28(3)21-39(56-8)42-40(57-9)23-31(6)46(54,60-42)43(51)44(52)47-18-12-11-13-35(47)45(53)59-41(29(4)14-16-36(33)50)30(5)22-32-15-17-37(38(24-32)55-7)58-26-34(49)25-48/h20,22,28-29,31-35,37-42,48-49,54H,10-19,21,23-26H2,1-9H3. The molecule has 3 aliphatic heterocycles. The first-order valence-electron chi connectivity index (χ1n) is 22.3. The Morgan fingerprint density at radius 3 is 2.28 bits per heavy atom. The number of cyclic esters (lactones) is 1. The molecule has 342 valence electrons. The van der Waals surface area contributed by atoms with Crippen LogP contribution in [0.2, 0.25) is 0 Å². The predicted molar refractivity (Wildman–Crippen MR) is 224 cm³/mol. The van der Waals surface area contributed by atoms with Crippen molar-refractivity contribution in [1.82, 2.24) is 4.90 Å². The highest BCUT2D eigenvalue weighted by atomic mass is 16.7. The Hall–Kier alpha value is -2.56. The molecule has 2 saturated heterocycles. The number of piperidine rings is 1. The maximum Gasteiger partial charge on any atom is 0.329 e. The van der Waals surface area contributed by atoms with E-state index in [1.807, 2.05) is 27.7 Å². The van der Waals surface area contributed by atoms with Crippen molar-refractivity contribution in [2.24, 2.45) is 29.6 Å². The van der Waals surface area contributed by atoms with E-state index >= 15 is 0 Å². The summed E-state index contributed by atoms with van der Waals surface area (Å²) >= 11 is 0. The molecule has 4 aliphatic rings. The van der Waals surface area contributed by atoms with Crippen LogP contribution in [0.3, 0.4) is 0 Å². The molecular formula is C46H75NO13. The smallest absolute Gasteiger partial charge is 0.329 e. The molecule has 14 nitrogen and oxygen atoms in total. The zero-order valence-electron chi connectivity index (χ0n) is 37.6. The molecule has 1 aliphatic carbocycles. The molecule has 14 atom stereocenters. The summed E-state index contributed by atoms with van der Waals surface area (Å²) in [7, 11) is 4.71. The number of aliphatic hydroxyl groups is 3. The van der Waals surface area contributed by atoms with Gasteiger partial charge in [0.25, 0.3) is 11.7 Å². The van der Waals surface area contributed by atoms with Gasteiger partial charge in [0.05, 0.1) is 37.6 Å². The first kappa shape index (κ1) is 50.1. The number of ether oxygens (including phenoxy) is 6. The van der Waals surface area contributed by atoms with Crippen molar-refractivity contribution in [3.8, 4) is 0 Å². The molecule has 3 fully saturated rings. The minimum absolute atomic E-state index is 0.00288. The van der Waals surface area contributed by atoms with E-state index in [2.05, 4.69) is 19.1 Å². The number of carbonyl (C=O) groups excluding carboxylic acids is 4. The van der Waals surface area contributed by atoms with Crippen LogP contribution in [0.15, 0.2) is 23.3 Å². The largest absolute Gasteiger partial charge is 0.456 e. The van der Waals surface area contributed by atoms with Crippen molar-refractivity contribution < 1.29 is 62.9 Å². The third-order valence-corrected chi connectivity index (χ3v) is 13.4. The zero-order chi connectivity index (χ0) is 44.3. The molecule has 0 aromatic rings. The van der Waals surface area contributed by atoms with E-state index in [1.54, 1.807) is 28.3 Å². The average molecular weight is 850 g/mol. The number of allylic oxidation sites excluding steroid dienone is 3. The second-order valence-corrected chi connectivity index (χ2v) is 18.2. The van der Waals surface area contributed by atoms with Gasteiger partial charge in [-0.25, -0.2) is 4.79 Å². The average Bonchev–Trinajstić information content (AvgIpc) is 3.24. The summed E-state index contributed by atoms with van der Waals surface area (Å²) in [5.41, 5.74) is 1.87. The van der Waals surface area contributed by atoms with Crippen LogP contribution >= 0.6 is 0 Å². The molecule has 14 unspecified atom stereocenters. The lowest BCUT2D eigenvalue weighted by Gasteiger charge is -2.47. The van der Waals surface area contributed by atoms with Gasteiger partial charge >= 0.3 is 5.97 Å². The number of methoxy groups -OCH3 is 3. The van der Waals surface area contributed by atoms with E-state index in [0.29, 0.717) is 51.4 Å². The fraction of sp³-hybridized carbons (Fsp3) is 0.826. The summed E-state index contributed by atoms with van der Waals surface area (Å²) in [6.07, 6.45) is 6.29. The summed E-state index contributed by atoms with van der Waals surface area (Å²) in [4.78, 5) is 58.0. The van der Waals surface area contributed by atoms with Crippen LogP contribution in [0, 0.1) is 29.6 Å². The zero-order valence-corrected chi connectivity index (χ0v) is 37.6. The Morgan fingerprint density at radius 2 is 1.63 bits per heavy atom. The number of nitrogens with zero attached hydrogens (tertiary/aromatic N) is 1. The summed E-state index contributed by atoms with van der Waals surface area (Å²) in [6, 6.07) is -1.07. The Bertz CT molecular complexity index is 1500. The number of ketones is 2. The normalized spacial score (nSPS) is 38.0. The van der Waals surface area contributed by atoms with Crippen molar-refractivity contribution in [1.29, 1.82) is 0 Å². The van der Waals surface area contributed by atoms with Gasteiger partial charge in [-0.2, -0.15) is 0 Å². The van der Waals surface area contributed by atoms with E-state index in [-0.39, 0.29) is 74.1 Å². The van der Waals surface area contributed by atoms with Gasteiger partial charge in [0, 0.05) is 46.1 Å². The van der Waals surface area contributed by atoms with Gasteiger partial charge in [-0.05, 0) is 108 Å². The molecular weight excluding hydrogens is 774 g/mol. The van der Waals surface area contributed by atoms with E-state index in [9.17, 15) is 34.5 Å². The first-order chi connectivity index (χ1) is 28.5. The molecule has 3 N–H and O–H groups in total. The van der Waals surface area contributed by atoms with Crippen LogP contribution in [0.4, 0.5) is 0 Å². The number of fused-ring (bicyclic) bond motifs is 3. The van der Waals surface area contributed by atoms with Gasteiger partial charge in [0.15, 0.2) is 0 Å². The van der Waals surface area contributed by atoms with Crippen molar-refractivity contribution in [2.75, 3.05) is 41.1 Å². The highest BCUT2D eigenvalue weighted by molar-refractivity contribution is 6.39. The molecule has 1 amide bonds. The number of rotatable bonds is 10. The fourth-order valence-electron chi connectivity index (χ4n) is 9.86. The van der Waals surface area contributed by atoms with Gasteiger partial charge in [-0.15, -0.1) is 0 Å². The second-order valence-electron chi connectivity index (χ2n) is 18.2. The molecule has 1 saturated carbocycles. The SMILES string of the molecule is CCC1C=C(C)CC(C)CC(OC)C2OC(O)(C(=O)C(=O)N3CCCCC3C(=O)OC(C(C)=CC3CCC(OCC(O)CO)C(OC)C3)C(C)CCC1=O)C(C)CC2OC. The Morgan fingerprint density at radius 1 is 0.950 bits per heavy atom. The van der Waals surface area contributed by atoms with Crippen LogP contribution in [0.25, 0.3) is 0 Å². The number of Topliss-reactive ketones (excluding diaryl/α,β-unsaturated/α-hetero) is 2. The topological polar surface area (TPSA) is 188 Å². The highest BCUT2D eigenvalue weighted by Gasteiger charge is 2.56. The van der Waals surface area contributed by atoms with E-state index in [4.69, 9.17) is 28.4 Å². The number of esters is 1. The molecule has 4 rings (SSSR count). The predicted octanol–water partition coefficient (Wildman–Crippen LogP) is 4.88. The molecule has 0 radical (unpaired) electrons. The number of carbonyl (C=O) groups is 4. The highest BCUT2D eigenvalue weighted by Crippen LogP contribution is 2.39. The van der Waals surface area contributed by atoms with Crippen LogP contribution in [0.1, 0.15) is 119 Å². The van der Waals surface area contributed by atoms with Crippen LogP contribution in [-0.2, 0) is 47.6 Å². The van der Waals surface area contributed by atoms with E-state index in [0.717, 1.165) is 17.6 Å². The van der Waals surface area contributed by atoms with Gasteiger partial charge < -0.3 is 48.6 Å². The molecule has 60 heavy (non-hydrogen) atoms. The quantitative estimate of drug-likeness (QED) is 0.154. The lowest BCUT2D eigenvalue weighted by atomic mass is 9.82. The summed E-state index contributed by atoms with van der Waals surface area (Å²) in [5, 5.41) is 31.1. The molecule has 2 bridgehead atoms. The van der Waals surface area contributed by atoms with Crippen LogP contribution in [0.5, 0.6) is 0 Å². The molecule has 3 heterocycles. The van der Waals surface area contributed by atoms with Gasteiger partial charge in [-0.1, -0.05) is 45.4 Å². The summed E-state index contributed by atoms with van der Waals surface area (Å²) in [5.74, 6) is -6.37. The Kier molecular flexibility index (Phi) is 19.4. The minimum Gasteiger partial charge on any atom is -0.456 e. The fourth-order valence-corrected chi connectivity index (χ4v) is 9.86.